The molecule has 4 aromatic rings. The molecule has 0 unspecified atom stereocenters. The van der Waals surface area contributed by atoms with Crippen molar-refractivity contribution in [3.63, 3.8) is 0 Å². The van der Waals surface area contributed by atoms with Gasteiger partial charge in [0, 0.05) is 27.8 Å². The SMILES string of the molecule is O=C(OCc1cc(=O)n2c3c(sc2n1)CCCC3)C1c2ccccc2Oc2ccccc21. The first-order valence-electron chi connectivity index (χ1n) is 10.7. The fraction of sp³-hybridized carbons (Fsp3) is 0.240. The summed E-state index contributed by atoms with van der Waals surface area (Å²) in [5.74, 6) is 0.320. The van der Waals surface area contributed by atoms with E-state index in [0.717, 1.165) is 42.5 Å². The first kappa shape index (κ1) is 19.3. The summed E-state index contributed by atoms with van der Waals surface area (Å²) in [6, 6.07) is 16.4. The minimum absolute atomic E-state index is 0.0468. The van der Waals surface area contributed by atoms with Crippen molar-refractivity contribution in [3.8, 4) is 11.5 Å². The lowest BCUT2D eigenvalue weighted by molar-refractivity contribution is -0.146. The van der Waals surface area contributed by atoms with Crippen LogP contribution in [0.15, 0.2) is 59.4 Å². The van der Waals surface area contributed by atoms with Gasteiger partial charge in [0.25, 0.3) is 5.56 Å². The van der Waals surface area contributed by atoms with E-state index in [-0.39, 0.29) is 18.1 Å². The number of ether oxygens (including phenoxy) is 2. The van der Waals surface area contributed by atoms with Crippen LogP contribution in [0.25, 0.3) is 4.96 Å². The Labute approximate surface area is 188 Å². The summed E-state index contributed by atoms with van der Waals surface area (Å²) in [7, 11) is 0. The normalized spacial score (nSPS) is 14.9. The number of hydrogen-bond acceptors (Lipinski definition) is 6. The maximum Gasteiger partial charge on any atom is 0.318 e. The smallest absolute Gasteiger partial charge is 0.318 e. The highest BCUT2D eigenvalue weighted by atomic mass is 32.1. The molecule has 32 heavy (non-hydrogen) atoms. The lowest BCUT2D eigenvalue weighted by Gasteiger charge is -2.26. The zero-order valence-corrected chi connectivity index (χ0v) is 18.1. The molecule has 1 aliphatic carbocycles. The molecule has 0 spiro atoms. The van der Waals surface area contributed by atoms with Gasteiger partial charge in [-0.15, -0.1) is 11.3 Å². The first-order valence-corrected chi connectivity index (χ1v) is 11.6. The molecule has 6 nitrogen and oxygen atoms in total. The van der Waals surface area contributed by atoms with Gasteiger partial charge >= 0.3 is 5.97 Å². The van der Waals surface area contributed by atoms with Gasteiger partial charge in [0.15, 0.2) is 4.96 Å². The molecule has 0 N–H and O–H groups in total. The number of carbonyl (C=O) groups is 1. The van der Waals surface area contributed by atoms with Crippen LogP contribution < -0.4 is 10.3 Å². The Morgan fingerprint density at radius 1 is 1.06 bits per heavy atom. The minimum atomic E-state index is -0.588. The van der Waals surface area contributed by atoms with E-state index in [1.807, 2.05) is 48.5 Å². The highest BCUT2D eigenvalue weighted by molar-refractivity contribution is 7.17. The lowest BCUT2D eigenvalue weighted by atomic mass is 9.88. The molecule has 0 bridgehead atoms. The Morgan fingerprint density at radius 3 is 2.50 bits per heavy atom. The number of benzene rings is 2. The number of rotatable bonds is 3. The summed E-state index contributed by atoms with van der Waals surface area (Å²) >= 11 is 1.57. The van der Waals surface area contributed by atoms with E-state index < -0.39 is 5.92 Å². The number of nitrogens with zero attached hydrogens (tertiary/aromatic N) is 2. The van der Waals surface area contributed by atoms with Crippen molar-refractivity contribution >= 4 is 22.3 Å². The molecule has 0 saturated heterocycles. The number of aromatic nitrogens is 2. The molecule has 1 aliphatic heterocycles. The molecule has 0 radical (unpaired) electrons. The number of aryl methyl sites for hydroxylation is 2. The first-order chi connectivity index (χ1) is 15.7. The Kier molecular flexibility index (Phi) is 4.57. The molecule has 0 amide bonds. The zero-order valence-electron chi connectivity index (χ0n) is 17.2. The van der Waals surface area contributed by atoms with Crippen LogP contribution in [0.2, 0.25) is 0 Å². The highest BCUT2D eigenvalue weighted by Gasteiger charge is 2.33. The van der Waals surface area contributed by atoms with Crippen molar-refractivity contribution in [3.05, 3.63) is 92.3 Å². The molecule has 6 rings (SSSR count). The quantitative estimate of drug-likeness (QED) is 0.432. The van der Waals surface area contributed by atoms with Crippen molar-refractivity contribution in [1.29, 1.82) is 0 Å². The van der Waals surface area contributed by atoms with Gasteiger partial charge in [-0.3, -0.25) is 14.0 Å². The van der Waals surface area contributed by atoms with Gasteiger partial charge in [-0.05, 0) is 37.8 Å². The van der Waals surface area contributed by atoms with Crippen molar-refractivity contribution < 1.29 is 14.3 Å². The summed E-state index contributed by atoms with van der Waals surface area (Å²) in [5.41, 5.74) is 2.99. The number of para-hydroxylation sites is 2. The molecular weight excluding hydrogens is 424 g/mol. The average Bonchev–Trinajstić information content (AvgIpc) is 3.20. The summed E-state index contributed by atoms with van der Waals surface area (Å²) in [4.78, 5) is 32.5. The minimum Gasteiger partial charge on any atom is -0.458 e. The number of carbonyl (C=O) groups excluding carboxylic acids is 1. The van der Waals surface area contributed by atoms with Gasteiger partial charge < -0.3 is 9.47 Å². The maximum absolute atomic E-state index is 13.2. The second-order valence-electron chi connectivity index (χ2n) is 8.10. The van der Waals surface area contributed by atoms with E-state index in [1.54, 1.807) is 15.7 Å². The van der Waals surface area contributed by atoms with E-state index in [4.69, 9.17) is 9.47 Å². The molecule has 0 saturated carbocycles. The van der Waals surface area contributed by atoms with Crippen LogP contribution in [-0.4, -0.2) is 15.4 Å². The van der Waals surface area contributed by atoms with E-state index >= 15 is 0 Å². The van der Waals surface area contributed by atoms with Crippen LogP contribution in [0.4, 0.5) is 0 Å². The standard InChI is InChI=1S/C25H20N2O4S/c28-22-13-15(26-25-27(22)18-9-3-6-12-21(18)32-25)14-30-24(29)23-16-7-1-4-10-19(16)31-20-11-5-2-8-17(20)23/h1-2,4-5,7-8,10-11,13,23H,3,6,9,12,14H2. The number of hydrogen-bond donors (Lipinski definition) is 0. The van der Waals surface area contributed by atoms with Gasteiger partial charge in [0.05, 0.1) is 5.69 Å². The topological polar surface area (TPSA) is 69.9 Å². The second kappa shape index (κ2) is 7.60. The van der Waals surface area contributed by atoms with Gasteiger partial charge in [-0.25, -0.2) is 4.98 Å². The van der Waals surface area contributed by atoms with Crippen LogP contribution in [0, 0.1) is 0 Å². The summed E-state index contributed by atoms with van der Waals surface area (Å²) in [6.07, 6.45) is 4.15. The molecule has 7 heteroatoms. The largest absolute Gasteiger partial charge is 0.458 e. The van der Waals surface area contributed by atoms with Gasteiger partial charge in [0.2, 0.25) is 0 Å². The van der Waals surface area contributed by atoms with Crippen LogP contribution >= 0.6 is 11.3 Å². The fourth-order valence-corrected chi connectivity index (χ4v) is 5.84. The van der Waals surface area contributed by atoms with Crippen molar-refractivity contribution in [2.45, 2.75) is 38.2 Å². The van der Waals surface area contributed by atoms with Gasteiger partial charge in [-0.2, -0.15) is 0 Å². The predicted octanol–water partition coefficient (Wildman–Crippen LogP) is 4.62. The number of thiazole rings is 1. The summed E-state index contributed by atoms with van der Waals surface area (Å²) in [5, 5.41) is 0. The summed E-state index contributed by atoms with van der Waals surface area (Å²) < 4.78 is 13.4. The van der Waals surface area contributed by atoms with E-state index in [9.17, 15) is 9.59 Å². The van der Waals surface area contributed by atoms with Crippen molar-refractivity contribution in [2.75, 3.05) is 0 Å². The van der Waals surface area contributed by atoms with Crippen molar-refractivity contribution in [2.24, 2.45) is 0 Å². The Balaban J connectivity index is 1.30. The van der Waals surface area contributed by atoms with Gasteiger partial charge in [0.1, 0.15) is 24.0 Å². The third-order valence-electron chi connectivity index (χ3n) is 6.09. The Hall–Kier alpha value is -3.45. The maximum atomic E-state index is 13.2. The molecule has 2 aliphatic rings. The van der Waals surface area contributed by atoms with Crippen LogP contribution in [0.5, 0.6) is 11.5 Å². The van der Waals surface area contributed by atoms with E-state index in [1.165, 1.54) is 10.9 Å². The molecule has 0 atom stereocenters. The number of fused-ring (bicyclic) bond motifs is 5. The predicted molar refractivity (Wildman–Crippen MR) is 121 cm³/mol. The highest BCUT2D eigenvalue weighted by Crippen LogP contribution is 2.44. The monoisotopic (exact) mass is 444 g/mol. The van der Waals surface area contributed by atoms with E-state index in [2.05, 4.69) is 4.98 Å². The average molecular weight is 445 g/mol. The molecule has 3 heterocycles. The Morgan fingerprint density at radius 2 is 1.75 bits per heavy atom. The second-order valence-corrected chi connectivity index (χ2v) is 9.16. The van der Waals surface area contributed by atoms with Crippen molar-refractivity contribution in [1.82, 2.24) is 9.38 Å². The zero-order chi connectivity index (χ0) is 21.7. The molecular formula is C25H20N2O4S. The molecule has 160 valence electrons. The molecule has 2 aromatic heterocycles. The summed E-state index contributed by atoms with van der Waals surface area (Å²) in [6.45, 7) is -0.0468. The fourth-order valence-electron chi connectivity index (χ4n) is 4.61. The van der Waals surface area contributed by atoms with E-state index in [0.29, 0.717) is 22.2 Å². The molecule has 2 aromatic carbocycles. The van der Waals surface area contributed by atoms with Crippen LogP contribution in [0.1, 0.15) is 46.2 Å². The molecule has 0 fully saturated rings. The van der Waals surface area contributed by atoms with Gasteiger partial charge in [-0.1, -0.05) is 36.4 Å². The third kappa shape index (κ3) is 3.12. The third-order valence-corrected chi connectivity index (χ3v) is 7.24. The lowest BCUT2D eigenvalue weighted by Crippen LogP contribution is -2.22. The van der Waals surface area contributed by atoms with Crippen LogP contribution in [0.3, 0.4) is 0 Å². The number of esters is 1. The Bertz CT molecular complexity index is 1380. The van der Waals surface area contributed by atoms with Crippen LogP contribution in [-0.2, 0) is 29.0 Å².